The van der Waals surface area contributed by atoms with E-state index in [0.717, 1.165) is 37.6 Å². The summed E-state index contributed by atoms with van der Waals surface area (Å²) in [7, 11) is 1.68. The van der Waals surface area contributed by atoms with Crippen molar-refractivity contribution in [2.24, 2.45) is 5.92 Å². The van der Waals surface area contributed by atoms with Crippen LogP contribution in [0.3, 0.4) is 0 Å². The van der Waals surface area contributed by atoms with Crippen LogP contribution in [0.25, 0.3) is 0 Å². The zero-order valence-electron chi connectivity index (χ0n) is 13.1. The maximum atomic E-state index is 12.4. The van der Waals surface area contributed by atoms with Gasteiger partial charge in [-0.05, 0) is 55.8 Å². The zero-order chi connectivity index (χ0) is 14.7. The second kappa shape index (κ2) is 7.84. The summed E-state index contributed by atoms with van der Waals surface area (Å²) in [6, 6.07) is 8.29. The highest BCUT2D eigenvalue weighted by Crippen LogP contribution is 2.33. The highest BCUT2D eigenvalue weighted by atomic mass is 35.5. The standard InChI is InChI=1S/C17H24N2O2.ClH/c1-21-15-5-2-4-14(10-15)16-6-3-9-19(16)17(20)12-18-11-13-7-8-13;/h2,4-5,10,13,16,18H,3,6-9,11-12H2,1H3;1H. The molecular formula is C17H25ClN2O2. The highest BCUT2D eigenvalue weighted by molar-refractivity contribution is 5.85. The van der Waals surface area contributed by atoms with Crippen LogP contribution >= 0.6 is 12.4 Å². The van der Waals surface area contributed by atoms with Crippen molar-refractivity contribution in [2.75, 3.05) is 26.7 Å². The van der Waals surface area contributed by atoms with E-state index in [1.807, 2.05) is 23.1 Å². The van der Waals surface area contributed by atoms with Gasteiger partial charge in [-0.25, -0.2) is 0 Å². The summed E-state index contributed by atoms with van der Waals surface area (Å²) in [5, 5.41) is 3.30. The molecule has 1 atom stereocenters. The fourth-order valence-electron chi connectivity index (χ4n) is 3.07. The Morgan fingerprint density at radius 3 is 2.91 bits per heavy atom. The van der Waals surface area contributed by atoms with Crippen molar-refractivity contribution in [3.8, 4) is 5.75 Å². The Morgan fingerprint density at radius 2 is 2.18 bits per heavy atom. The fraction of sp³-hybridized carbons (Fsp3) is 0.588. The van der Waals surface area contributed by atoms with Crippen molar-refractivity contribution in [2.45, 2.75) is 31.7 Å². The van der Waals surface area contributed by atoms with E-state index >= 15 is 0 Å². The van der Waals surface area contributed by atoms with Gasteiger partial charge in [0.25, 0.3) is 0 Å². The van der Waals surface area contributed by atoms with Crippen molar-refractivity contribution in [1.29, 1.82) is 0 Å². The minimum atomic E-state index is 0. The van der Waals surface area contributed by atoms with Gasteiger partial charge in [0.2, 0.25) is 5.91 Å². The molecule has 1 aromatic carbocycles. The predicted octanol–water partition coefficient (Wildman–Crippen LogP) is 2.78. The summed E-state index contributed by atoms with van der Waals surface area (Å²) in [4.78, 5) is 14.4. The Bertz CT molecular complexity index is 505. The van der Waals surface area contributed by atoms with Crippen LogP contribution in [-0.2, 0) is 4.79 Å². The lowest BCUT2D eigenvalue weighted by Crippen LogP contribution is -2.38. The normalized spacial score (nSPS) is 20.6. The second-order valence-corrected chi connectivity index (χ2v) is 6.10. The smallest absolute Gasteiger partial charge is 0.237 e. The summed E-state index contributed by atoms with van der Waals surface area (Å²) in [6.45, 7) is 2.33. The molecule has 1 aromatic rings. The molecule has 1 aliphatic heterocycles. The Morgan fingerprint density at radius 1 is 1.36 bits per heavy atom. The molecule has 5 heteroatoms. The summed E-state index contributed by atoms with van der Waals surface area (Å²) >= 11 is 0. The molecule has 2 aliphatic rings. The molecule has 3 rings (SSSR count). The minimum absolute atomic E-state index is 0. The van der Waals surface area contributed by atoms with E-state index in [1.165, 1.54) is 18.4 Å². The lowest BCUT2D eigenvalue weighted by atomic mass is 10.0. The topological polar surface area (TPSA) is 41.6 Å². The van der Waals surface area contributed by atoms with Crippen molar-refractivity contribution in [3.05, 3.63) is 29.8 Å². The van der Waals surface area contributed by atoms with Gasteiger partial charge in [-0.1, -0.05) is 12.1 Å². The van der Waals surface area contributed by atoms with Crippen LogP contribution in [-0.4, -0.2) is 37.6 Å². The minimum Gasteiger partial charge on any atom is -0.497 e. The molecular weight excluding hydrogens is 300 g/mol. The van der Waals surface area contributed by atoms with Gasteiger partial charge in [0.1, 0.15) is 5.75 Å². The molecule has 1 N–H and O–H groups in total. The maximum absolute atomic E-state index is 12.4. The van der Waals surface area contributed by atoms with Crippen molar-refractivity contribution < 1.29 is 9.53 Å². The molecule has 0 aromatic heterocycles. The molecule has 2 fully saturated rings. The van der Waals surface area contributed by atoms with E-state index < -0.39 is 0 Å². The number of nitrogens with one attached hydrogen (secondary N) is 1. The summed E-state index contributed by atoms with van der Waals surface area (Å²) in [5.41, 5.74) is 1.18. The van der Waals surface area contributed by atoms with E-state index in [1.54, 1.807) is 7.11 Å². The summed E-state index contributed by atoms with van der Waals surface area (Å²) in [6.07, 6.45) is 4.76. The molecule has 0 spiro atoms. The average molecular weight is 325 g/mol. The van der Waals surface area contributed by atoms with Crippen LogP contribution in [0.4, 0.5) is 0 Å². The van der Waals surface area contributed by atoms with E-state index in [0.29, 0.717) is 6.54 Å². The predicted molar refractivity (Wildman–Crippen MR) is 89.5 cm³/mol. The highest BCUT2D eigenvalue weighted by Gasteiger charge is 2.30. The van der Waals surface area contributed by atoms with Gasteiger partial charge in [0.05, 0.1) is 19.7 Å². The Balaban J connectivity index is 0.00000176. The lowest BCUT2D eigenvalue weighted by Gasteiger charge is -2.25. The van der Waals surface area contributed by atoms with Crippen molar-refractivity contribution in [1.82, 2.24) is 10.2 Å². The molecule has 0 radical (unpaired) electrons. The molecule has 1 amide bonds. The third-order valence-corrected chi connectivity index (χ3v) is 4.46. The third kappa shape index (κ3) is 4.14. The molecule has 122 valence electrons. The Labute approximate surface area is 138 Å². The number of likely N-dealkylation sites (tertiary alicyclic amines) is 1. The number of carbonyl (C=O) groups excluding carboxylic acids is 1. The van der Waals surface area contributed by atoms with E-state index in [9.17, 15) is 4.79 Å². The number of carbonyl (C=O) groups is 1. The van der Waals surface area contributed by atoms with Crippen molar-refractivity contribution >= 4 is 18.3 Å². The summed E-state index contributed by atoms with van der Waals surface area (Å²) < 4.78 is 5.29. The van der Waals surface area contributed by atoms with Crippen LogP contribution in [0.5, 0.6) is 5.75 Å². The number of hydrogen-bond donors (Lipinski definition) is 1. The first kappa shape index (κ1) is 17.1. The van der Waals surface area contributed by atoms with Crippen LogP contribution in [0.15, 0.2) is 24.3 Å². The largest absolute Gasteiger partial charge is 0.497 e. The second-order valence-electron chi connectivity index (χ2n) is 6.10. The van der Waals surface area contributed by atoms with Gasteiger partial charge < -0.3 is 15.0 Å². The Hall–Kier alpha value is -1.26. The molecule has 1 saturated heterocycles. The number of methoxy groups -OCH3 is 1. The quantitative estimate of drug-likeness (QED) is 0.875. The number of amides is 1. The van der Waals surface area contributed by atoms with Gasteiger partial charge in [-0.3, -0.25) is 4.79 Å². The van der Waals surface area contributed by atoms with Crippen LogP contribution < -0.4 is 10.1 Å². The van der Waals surface area contributed by atoms with Gasteiger partial charge in [0, 0.05) is 6.54 Å². The SMILES string of the molecule is COc1cccc(C2CCCN2C(=O)CNCC2CC2)c1.Cl. The first-order chi connectivity index (χ1) is 10.3. The number of halogens is 1. The molecule has 22 heavy (non-hydrogen) atoms. The van der Waals surface area contributed by atoms with Crippen LogP contribution in [0, 0.1) is 5.92 Å². The first-order valence-corrected chi connectivity index (χ1v) is 7.92. The molecule has 4 nitrogen and oxygen atoms in total. The van der Waals surface area contributed by atoms with Crippen LogP contribution in [0.2, 0.25) is 0 Å². The van der Waals surface area contributed by atoms with Gasteiger partial charge in [-0.15, -0.1) is 12.4 Å². The van der Waals surface area contributed by atoms with E-state index in [2.05, 4.69) is 11.4 Å². The number of benzene rings is 1. The number of ether oxygens (including phenoxy) is 1. The fourth-order valence-corrected chi connectivity index (χ4v) is 3.07. The molecule has 1 unspecified atom stereocenters. The van der Waals surface area contributed by atoms with Gasteiger partial charge in [-0.2, -0.15) is 0 Å². The van der Waals surface area contributed by atoms with E-state index in [4.69, 9.17) is 4.74 Å². The van der Waals surface area contributed by atoms with Gasteiger partial charge >= 0.3 is 0 Å². The molecule has 1 saturated carbocycles. The zero-order valence-corrected chi connectivity index (χ0v) is 13.9. The van der Waals surface area contributed by atoms with Crippen LogP contribution in [0.1, 0.15) is 37.3 Å². The maximum Gasteiger partial charge on any atom is 0.237 e. The number of hydrogen-bond acceptors (Lipinski definition) is 3. The molecule has 1 heterocycles. The summed E-state index contributed by atoms with van der Waals surface area (Å²) in [5.74, 6) is 1.89. The van der Waals surface area contributed by atoms with E-state index in [-0.39, 0.29) is 24.4 Å². The lowest BCUT2D eigenvalue weighted by molar-refractivity contribution is -0.131. The molecule has 1 aliphatic carbocycles. The van der Waals surface area contributed by atoms with Crippen molar-refractivity contribution in [3.63, 3.8) is 0 Å². The number of nitrogens with zero attached hydrogens (tertiary/aromatic N) is 1. The number of rotatable bonds is 6. The third-order valence-electron chi connectivity index (χ3n) is 4.46. The monoisotopic (exact) mass is 324 g/mol. The van der Waals surface area contributed by atoms with Gasteiger partial charge in [0.15, 0.2) is 0 Å². The average Bonchev–Trinajstić information content (AvgIpc) is 3.20. The Kier molecular flexibility index (Phi) is 6.09. The first-order valence-electron chi connectivity index (χ1n) is 7.92. The molecule has 0 bridgehead atoms.